The predicted octanol–water partition coefficient (Wildman–Crippen LogP) is 1.52. The molecule has 26 heavy (non-hydrogen) atoms. The zero-order chi connectivity index (χ0) is 18.5. The Morgan fingerprint density at radius 3 is 2.77 bits per heavy atom. The van der Waals surface area contributed by atoms with Gasteiger partial charge in [-0.05, 0) is 37.1 Å². The Bertz CT molecular complexity index is 917. The van der Waals surface area contributed by atoms with Crippen LogP contribution in [-0.2, 0) is 16.1 Å². The van der Waals surface area contributed by atoms with Crippen LogP contribution in [0.5, 0.6) is 0 Å². The van der Waals surface area contributed by atoms with Crippen LogP contribution in [0.25, 0.3) is 0 Å². The summed E-state index contributed by atoms with van der Waals surface area (Å²) in [6, 6.07) is 12.2. The molecule has 0 unspecified atom stereocenters. The number of rotatable bonds is 5. The van der Waals surface area contributed by atoms with Gasteiger partial charge in [0, 0.05) is 30.9 Å². The molecule has 1 N–H and O–H groups in total. The number of amides is 2. The molecule has 134 valence electrons. The number of hydrogen-bond acceptors (Lipinski definition) is 4. The van der Waals surface area contributed by atoms with E-state index in [1.165, 1.54) is 10.6 Å². The van der Waals surface area contributed by atoms with Crippen molar-refractivity contribution in [1.82, 2.24) is 9.99 Å². The van der Waals surface area contributed by atoms with E-state index >= 15 is 0 Å². The Morgan fingerprint density at radius 2 is 2.04 bits per heavy atom. The monoisotopic (exact) mass is 352 g/mol. The van der Waals surface area contributed by atoms with Crippen LogP contribution in [0.2, 0.25) is 0 Å². The van der Waals surface area contributed by atoms with Crippen molar-refractivity contribution in [3.8, 4) is 0 Å². The van der Waals surface area contributed by atoms with E-state index < -0.39 is 0 Å². The lowest BCUT2D eigenvalue weighted by Gasteiger charge is -2.16. The fraction of sp³-hybridized carbons (Fsp3) is 0.263. The molecule has 7 nitrogen and oxygen atoms in total. The maximum absolute atomic E-state index is 12.0. The average Bonchev–Trinajstić information content (AvgIpc) is 3.08. The second kappa shape index (κ2) is 7.77. The maximum atomic E-state index is 12.0. The summed E-state index contributed by atoms with van der Waals surface area (Å²) < 4.78 is 1.31. The van der Waals surface area contributed by atoms with Crippen LogP contribution in [0.4, 0.5) is 5.69 Å². The van der Waals surface area contributed by atoms with Gasteiger partial charge in [0.1, 0.15) is 6.54 Å². The molecule has 2 amide bonds. The summed E-state index contributed by atoms with van der Waals surface area (Å²) in [4.78, 5) is 37.3. The minimum atomic E-state index is -0.386. The fourth-order valence-electron chi connectivity index (χ4n) is 2.81. The molecule has 0 saturated carbocycles. The van der Waals surface area contributed by atoms with Crippen LogP contribution in [0.15, 0.2) is 58.6 Å². The van der Waals surface area contributed by atoms with Crippen LogP contribution in [0, 0.1) is 0 Å². The normalized spacial score (nSPS) is 14.6. The van der Waals surface area contributed by atoms with Crippen LogP contribution >= 0.6 is 0 Å². The van der Waals surface area contributed by atoms with E-state index in [4.69, 9.17) is 0 Å². The van der Waals surface area contributed by atoms with Crippen molar-refractivity contribution in [2.75, 3.05) is 11.4 Å². The van der Waals surface area contributed by atoms with Crippen molar-refractivity contribution >= 4 is 23.2 Å². The third kappa shape index (κ3) is 4.05. The van der Waals surface area contributed by atoms with Gasteiger partial charge in [0.05, 0.1) is 5.71 Å². The number of anilines is 1. The third-order valence-electron chi connectivity index (χ3n) is 4.21. The molecule has 0 radical (unpaired) electrons. The average molecular weight is 352 g/mol. The van der Waals surface area contributed by atoms with Gasteiger partial charge in [0.15, 0.2) is 0 Å². The fourth-order valence-corrected chi connectivity index (χ4v) is 2.81. The van der Waals surface area contributed by atoms with Crippen LogP contribution in [0.1, 0.15) is 25.3 Å². The summed E-state index contributed by atoms with van der Waals surface area (Å²) in [5, 5.41) is 4.11. The second-order valence-corrected chi connectivity index (χ2v) is 6.10. The summed E-state index contributed by atoms with van der Waals surface area (Å²) in [6.45, 7) is 2.40. The molecule has 1 saturated heterocycles. The molecule has 0 aliphatic carbocycles. The number of nitrogens with one attached hydrogen (secondary N) is 1. The number of aromatic nitrogens is 1. The maximum Gasteiger partial charge on any atom is 0.260 e. The van der Waals surface area contributed by atoms with Gasteiger partial charge < -0.3 is 9.47 Å². The van der Waals surface area contributed by atoms with E-state index in [1.807, 2.05) is 24.3 Å². The highest BCUT2D eigenvalue weighted by molar-refractivity contribution is 6.01. The first-order valence-corrected chi connectivity index (χ1v) is 8.44. The first-order valence-electron chi connectivity index (χ1n) is 8.44. The highest BCUT2D eigenvalue weighted by Crippen LogP contribution is 2.22. The first kappa shape index (κ1) is 17.6. The number of hydrogen-bond donors (Lipinski definition) is 1. The van der Waals surface area contributed by atoms with E-state index in [1.54, 1.807) is 30.2 Å². The van der Waals surface area contributed by atoms with Crippen LogP contribution in [-0.4, -0.2) is 28.6 Å². The molecule has 2 heterocycles. The summed E-state index contributed by atoms with van der Waals surface area (Å²) in [5.74, 6) is -0.262. The van der Waals surface area contributed by atoms with Crippen LogP contribution in [0.3, 0.4) is 0 Å². The Kier molecular flexibility index (Phi) is 5.26. The summed E-state index contributed by atoms with van der Waals surface area (Å²) >= 11 is 0. The number of hydrazone groups is 1. The van der Waals surface area contributed by atoms with Gasteiger partial charge in [-0.3, -0.25) is 14.4 Å². The van der Waals surface area contributed by atoms with Gasteiger partial charge in [0.2, 0.25) is 5.91 Å². The van der Waals surface area contributed by atoms with Gasteiger partial charge in [-0.15, -0.1) is 0 Å². The van der Waals surface area contributed by atoms with E-state index in [-0.39, 0.29) is 23.9 Å². The molecule has 2 aromatic rings. The van der Waals surface area contributed by atoms with E-state index in [2.05, 4.69) is 10.5 Å². The number of pyridine rings is 1. The van der Waals surface area contributed by atoms with Crippen molar-refractivity contribution in [3.63, 3.8) is 0 Å². The minimum absolute atomic E-state index is 0.0984. The summed E-state index contributed by atoms with van der Waals surface area (Å²) in [7, 11) is 0. The molecule has 0 spiro atoms. The lowest BCUT2D eigenvalue weighted by atomic mass is 10.1. The Balaban J connectivity index is 1.68. The topological polar surface area (TPSA) is 83.8 Å². The SMILES string of the molecule is C/C(=N/NC(=O)Cn1ccccc1=O)c1cccc(N2CCCC2=O)c1. The largest absolute Gasteiger partial charge is 0.312 e. The number of nitrogens with zero attached hydrogens (tertiary/aromatic N) is 3. The highest BCUT2D eigenvalue weighted by atomic mass is 16.2. The smallest absolute Gasteiger partial charge is 0.260 e. The molecule has 7 heteroatoms. The lowest BCUT2D eigenvalue weighted by Crippen LogP contribution is -2.29. The van der Waals surface area contributed by atoms with Crippen molar-refractivity contribution in [3.05, 3.63) is 64.6 Å². The lowest BCUT2D eigenvalue weighted by molar-refractivity contribution is -0.121. The van der Waals surface area contributed by atoms with Gasteiger partial charge in [-0.25, -0.2) is 5.43 Å². The van der Waals surface area contributed by atoms with Crippen LogP contribution < -0.4 is 15.9 Å². The molecule has 1 aromatic carbocycles. The molecular formula is C19H20N4O3. The Morgan fingerprint density at radius 1 is 1.19 bits per heavy atom. The van der Waals surface area contributed by atoms with Gasteiger partial charge in [0.25, 0.3) is 11.5 Å². The Hall–Kier alpha value is -3.22. The molecule has 0 bridgehead atoms. The molecule has 3 rings (SSSR count). The standard InChI is InChI=1S/C19H20N4O3/c1-14(20-21-17(24)13-22-10-3-2-8-18(22)25)15-6-4-7-16(12-15)23-11-5-9-19(23)26/h2-4,6-8,10,12H,5,9,11,13H2,1H3,(H,21,24)/b20-14-. The molecule has 1 aromatic heterocycles. The molecular weight excluding hydrogens is 332 g/mol. The van der Waals surface area contributed by atoms with E-state index in [0.29, 0.717) is 12.1 Å². The van der Waals surface area contributed by atoms with Gasteiger partial charge in [-0.2, -0.15) is 5.10 Å². The van der Waals surface area contributed by atoms with Crippen molar-refractivity contribution in [1.29, 1.82) is 0 Å². The van der Waals surface area contributed by atoms with Gasteiger partial charge in [-0.1, -0.05) is 18.2 Å². The molecule has 0 atom stereocenters. The Labute approximate surface area is 150 Å². The van der Waals surface area contributed by atoms with Crippen molar-refractivity contribution < 1.29 is 9.59 Å². The van der Waals surface area contributed by atoms with Crippen molar-refractivity contribution in [2.24, 2.45) is 5.10 Å². The quantitative estimate of drug-likeness (QED) is 0.654. The zero-order valence-corrected chi connectivity index (χ0v) is 14.5. The van der Waals surface area contributed by atoms with Crippen molar-refractivity contribution in [2.45, 2.75) is 26.3 Å². The minimum Gasteiger partial charge on any atom is -0.312 e. The second-order valence-electron chi connectivity index (χ2n) is 6.10. The summed E-state index contributed by atoms with van der Waals surface area (Å²) in [6.07, 6.45) is 2.99. The summed E-state index contributed by atoms with van der Waals surface area (Å²) in [5.41, 5.74) is 4.49. The molecule has 1 aliphatic heterocycles. The van der Waals surface area contributed by atoms with E-state index in [0.717, 1.165) is 24.2 Å². The molecule has 1 fully saturated rings. The number of benzene rings is 1. The van der Waals surface area contributed by atoms with Gasteiger partial charge >= 0.3 is 0 Å². The van der Waals surface area contributed by atoms with E-state index in [9.17, 15) is 14.4 Å². The number of carbonyl (C=O) groups excluding carboxylic acids is 2. The zero-order valence-electron chi connectivity index (χ0n) is 14.5. The predicted molar refractivity (Wildman–Crippen MR) is 99.1 cm³/mol. The third-order valence-corrected chi connectivity index (χ3v) is 4.21. The molecule has 1 aliphatic rings. The highest BCUT2D eigenvalue weighted by Gasteiger charge is 2.21. The number of carbonyl (C=O) groups is 2. The first-order chi connectivity index (χ1) is 12.5.